The molecule has 0 aromatic heterocycles. The second-order valence-corrected chi connectivity index (χ2v) is 0. The van der Waals surface area contributed by atoms with Gasteiger partial charge < -0.3 is 1.43 Å². The van der Waals surface area contributed by atoms with Crippen molar-refractivity contribution in [3.05, 3.63) is 0 Å². The molecule has 0 saturated heterocycles. The molecule has 0 aromatic carbocycles. The van der Waals surface area contributed by atoms with Gasteiger partial charge in [-0.25, -0.2) is 0 Å². The number of hydrogen-bond donors (Lipinski definition) is 0. The van der Waals surface area contributed by atoms with Gasteiger partial charge in [-0.3, -0.25) is 0 Å². The molecule has 16 valence electrons. The van der Waals surface area contributed by atoms with Crippen LogP contribution >= 0.6 is 12.4 Å². The van der Waals surface area contributed by atoms with Crippen molar-refractivity contribution in [2.75, 3.05) is 0 Å². The van der Waals surface area contributed by atoms with Crippen LogP contribution in [0.3, 0.4) is 0 Å². The first-order valence-corrected chi connectivity index (χ1v) is 0. The third-order valence-corrected chi connectivity index (χ3v) is 0. The van der Waals surface area contributed by atoms with Crippen molar-refractivity contribution in [1.29, 1.82) is 0 Å². The van der Waals surface area contributed by atoms with E-state index in [1.54, 1.807) is 0 Å². The Morgan fingerprint density at radius 1 is 1.25 bits per heavy atom. The Bertz CT molecular complexity index is 11.6. The molecule has 0 heterocycles. The Labute approximate surface area is 91.0 Å². The van der Waals surface area contributed by atoms with E-state index in [2.05, 4.69) is 0 Å². The maximum absolute atomic E-state index is 0. The van der Waals surface area contributed by atoms with Gasteiger partial charge in [-0.05, 0) is 0 Å². The van der Waals surface area contributed by atoms with Crippen LogP contribution in [-0.2, 0) is 32.7 Å². The average Bonchev–Trinajstić information content (AvgIpc) is 0. The normalized spacial score (nSPS) is 0. The van der Waals surface area contributed by atoms with Crippen molar-refractivity contribution < 1.29 is 53.0 Å². The quantitative estimate of drug-likeness (QED) is 0.418. The van der Waals surface area contributed by atoms with E-state index >= 15 is 0 Å². The molecule has 0 atom stereocenters. The minimum absolute atomic E-state index is 0. The third-order valence-electron chi connectivity index (χ3n) is 0. The van der Waals surface area contributed by atoms with Crippen LogP contribution in [0.1, 0.15) is 1.43 Å². The predicted octanol–water partition coefficient (Wildman–Crippen LogP) is -2.84. The van der Waals surface area contributed by atoms with E-state index in [1.165, 1.54) is 0 Å². The van der Waals surface area contributed by atoms with Gasteiger partial charge in [0.2, 0.25) is 0 Å². The van der Waals surface area contributed by atoms with Crippen LogP contribution in [0.25, 0.3) is 0 Å². The second-order valence-electron chi connectivity index (χ2n) is 0. The summed E-state index contributed by atoms with van der Waals surface area (Å²) in [5.74, 6) is 0. The van der Waals surface area contributed by atoms with E-state index < -0.39 is 0 Å². The SMILES string of the molecule is Cl.[H-].[Li+].[Tl].[Y]. The smallest absolute Gasteiger partial charge is 1.00 e. The molecule has 4 heavy (non-hydrogen) atoms. The molecular weight excluding hydrogens is 336 g/mol. The summed E-state index contributed by atoms with van der Waals surface area (Å²) in [7, 11) is 0. The van der Waals surface area contributed by atoms with E-state index in [1.807, 2.05) is 0 Å². The monoisotopic (exact) mass is 338 g/mol. The molecule has 0 saturated carbocycles. The molecule has 0 rings (SSSR count). The maximum Gasteiger partial charge on any atom is 1.00 e. The summed E-state index contributed by atoms with van der Waals surface area (Å²) in [6.45, 7) is 0. The summed E-state index contributed by atoms with van der Waals surface area (Å²) < 4.78 is 0. The van der Waals surface area contributed by atoms with Crippen molar-refractivity contribution in [3.63, 3.8) is 0 Å². The Morgan fingerprint density at radius 2 is 1.25 bits per heavy atom. The first kappa shape index (κ1) is 28.5. The topological polar surface area (TPSA) is 0 Å². The van der Waals surface area contributed by atoms with Gasteiger partial charge in [0.05, 0.1) is 0 Å². The van der Waals surface area contributed by atoms with Crippen molar-refractivity contribution in [1.82, 2.24) is 0 Å². The minimum atomic E-state index is 0. The third kappa shape index (κ3) is 8.87. The Balaban J connectivity index is 0. The molecule has 0 aromatic rings. The minimum Gasteiger partial charge on any atom is -1.00 e. The van der Waals surface area contributed by atoms with Gasteiger partial charge >= 0.3 is 18.9 Å². The van der Waals surface area contributed by atoms with Crippen molar-refractivity contribution in [2.45, 2.75) is 0 Å². The standard InChI is InChI=1S/ClH.Li.Tl.Y.H/h1H;;;;/q;+1;;;-1. The van der Waals surface area contributed by atoms with Crippen molar-refractivity contribution >= 4 is 39.7 Å². The molecular formula is H2ClLiTlY. The summed E-state index contributed by atoms with van der Waals surface area (Å²) in [6.07, 6.45) is 0. The number of halogens is 1. The van der Waals surface area contributed by atoms with Gasteiger partial charge in [-0.15, -0.1) is 12.4 Å². The van der Waals surface area contributed by atoms with Crippen LogP contribution in [0, 0.1) is 0 Å². The van der Waals surface area contributed by atoms with Crippen LogP contribution < -0.4 is 18.9 Å². The van der Waals surface area contributed by atoms with Gasteiger partial charge in [0.1, 0.15) is 0 Å². The molecule has 0 unspecified atom stereocenters. The zero-order valence-corrected chi connectivity index (χ0v) is 10.7. The van der Waals surface area contributed by atoms with Gasteiger partial charge in [-0.2, -0.15) is 0 Å². The molecule has 0 nitrogen and oxygen atoms in total. The van der Waals surface area contributed by atoms with Crippen LogP contribution in [0.5, 0.6) is 0 Å². The Kier molecular flexibility index (Phi) is 120. The molecule has 0 N–H and O–H groups in total. The van der Waals surface area contributed by atoms with E-state index in [9.17, 15) is 0 Å². The van der Waals surface area contributed by atoms with Crippen molar-refractivity contribution in [2.24, 2.45) is 0 Å². The summed E-state index contributed by atoms with van der Waals surface area (Å²) >= 11 is 0. The summed E-state index contributed by atoms with van der Waals surface area (Å²) in [6, 6.07) is 0. The maximum atomic E-state index is 0. The largest absolute Gasteiger partial charge is 1.00 e. The molecule has 4 heteroatoms. The van der Waals surface area contributed by atoms with E-state index in [0.717, 1.165) is 0 Å². The predicted molar refractivity (Wildman–Crippen MR) is 14.1 cm³/mol. The van der Waals surface area contributed by atoms with Gasteiger partial charge in [0.15, 0.2) is 0 Å². The zero-order chi connectivity index (χ0) is 0. The summed E-state index contributed by atoms with van der Waals surface area (Å²) in [4.78, 5) is 0. The number of hydrogen-bond acceptors (Lipinski definition) is 0. The molecule has 2 radical (unpaired) electrons. The number of rotatable bonds is 0. The fourth-order valence-corrected chi connectivity index (χ4v) is 0. The molecule has 0 aliphatic rings. The van der Waals surface area contributed by atoms with Crippen LogP contribution in [0.2, 0.25) is 0 Å². The van der Waals surface area contributed by atoms with Gasteiger partial charge in [-0.1, -0.05) is 0 Å². The molecule has 0 aliphatic heterocycles. The summed E-state index contributed by atoms with van der Waals surface area (Å²) in [5, 5.41) is 0. The molecule has 0 amide bonds. The van der Waals surface area contributed by atoms with Gasteiger partial charge in [0, 0.05) is 60.0 Å². The van der Waals surface area contributed by atoms with E-state index in [0.29, 0.717) is 0 Å². The van der Waals surface area contributed by atoms with Crippen LogP contribution in [-0.4, -0.2) is 27.3 Å². The molecule has 0 spiro atoms. The van der Waals surface area contributed by atoms with E-state index in [4.69, 9.17) is 0 Å². The average molecular weight is 338 g/mol. The first-order valence-electron chi connectivity index (χ1n) is 0. The molecule has 0 aliphatic carbocycles. The summed E-state index contributed by atoms with van der Waals surface area (Å²) in [5.41, 5.74) is 0. The van der Waals surface area contributed by atoms with Crippen LogP contribution in [0.4, 0.5) is 0 Å². The second kappa shape index (κ2) is 16.8. The molecule has 0 bridgehead atoms. The first-order chi connectivity index (χ1) is 0. The Morgan fingerprint density at radius 3 is 1.25 bits per heavy atom. The Hall–Kier alpha value is 2.91. The van der Waals surface area contributed by atoms with Crippen molar-refractivity contribution in [3.8, 4) is 0 Å². The van der Waals surface area contributed by atoms with E-state index in [-0.39, 0.29) is 92.7 Å². The fraction of sp³-hybridized carbons (Fsp3) is 0. The fourth-order valence-electron chi connectivity index (χ4n) is 0. The van der Waals surface area contributed by atoms with Crippen LogP contribution in [0.15, 0.2) is 0 Å². The zero-order valence-electron chi connectivity index (χ0n) is 3.56. The molecule has 0 fully saturated rings. The van der Waals surface area contributed by atoms with Gasteiger partial charge in [0.25, 0.3) is 0 Å².